The second-order valence-electron chi connectivity index (χ2n) is 5.88. The molecule has 0 fully saturated rings. The summed E-state index contributed by atoms with van der Waals surface area (Å²) in [5.74, 6) is 0. The van der Waals surface area contributed by atoms with Gasteiger partial charge in [-0.1, -0.05) is 0 Å². The molecule has 0 aliphatic heterocycles. The summed E-state index contributed by atoms with van der Waals surface area (Å²) in [4.78, 5) is 0. The van der Waals surface area contributed by atoms with Crippen LogP contribution < -0.4 is 0 Å². The van der Waals surface area contributed by atoms with E-state index in [4.69, 9.17) is 19.2 Å². The Kier molecular flexibility index (Phi) is 29.6. The maximum absolute atomic E-state index is 4.87. The SMILES string of the molecule is C[PH+](C)CC[PH+](C)C.C[PH+](C)CC[PH+](C)C.[Cl][99Tc][Cl]. The summed E-state index contributed by atoms with van der Waals surface area (Å²) in [5.41, 5.74) is 0. The summed E-state index contributed by atoms with van der Waals surface area (Å²) >= 11 is -0.466. The molecule has 0 amide bonds. The Morgan fingerprint density at radius 2 is 0.632 bits per heavy atom. The monoisotopic (exact) mass is 473 g/mol. The van der Waals surface area contributed by atoms with Crippen LogP contribution >= 0.6 is 50.9 Å². The van der Waals surface area contributed by atoms with Crippen LogP contribution in [0, 0.1) is 0 Å². The van der Waals surface area contributed by atoms with Crippen molar-refractivity contribution in [1.29, 1.82) is 0 Å². The molecule has 0 aromatic carbocycles. The maximum atomic E-state index is 4.87. The molecule has 0 saturated carbocycles. The predicted octanol–water partition coefficient (Wildman–Crippen LogP) is 5.24. The Hall–Kier alpha value is 2.95. The van der Waals surface area contributed by atoms with E-state index in [1.165, 1.54) is 24.6 Å². The van der Waals surface area contributed by atoms with E-state index in [1.807, 2.05) is 0 Å². The molecule has 0 N–H and O–H groups in total. The Bertz CT molecular complexity index is 127. The minimum absolute atomic E-state index is 0.0957. The molecule has 0 heterocycles. The topological polar surface area (TPSA) is 0 Å². The van der Waals surface area contributed by atoms with E-state index in [0.29, 0.717) is 0 Å². The fourth-order valence-corrected chi connectivity index (χ4v) is 9.00. The van der Waals surface area contributed by atoms with Gasteiger partial charge >= 0.3 is 34.8 Å². The van der Waals surface area contributed by atoms with Crippen molar-refractivity contribution in [2.75, 3.05) is 78.0 Å². The first-order valence-corrected chi connectivity index (χ1v) is 22.3. The molecule has 0 spiro atoms. The molecular weight excluding hydrogens is 438 g/mol. The van der Waals surface area contributed by atoms with Gasteiger partial charge in [-0.15, -0.1) is 0 Å². The van der Waals surface area contributed by atoms with Gasteiger partial charge in [0.1, 0.15) is 0 Å². The van der Waals surface area contributed by atoms with Crippen LogP contribution in [-0.2, 0) is 15.7 Å². The van der Waals surface area contributed by atoms with Crippen molar-refractivity contribution in [3.05, 3.63) is 0 Å². The van der Waals surface area contributed by atoms with Gasteiger partial charge in [0.25, 0.3) is 0 Å². The standard InChI is InChI=1S/2C6H16P2.2ClH.Tc/c2*1-7(2)5-6-8(3)4;;;/h2*5-6H2,1-4H3;2*1H;/q;;;;+2/p+2/i;;;;1+1. The summed E-state index contributed by atoms with van der Waals surface area (Å²) in [6, 6.07) is 0. The second kappa shape index (κ2) is 20.9. The van der Waals surface area contributed by atoms with Crippen molar-refractivity contribution in [3.8, 4) is 0 Å². The average Bonchev–Trinajstić information content (AvgIpc) is 2.25. The average molecular weight is 474 g/mol. The van der Waals surface area contributed by atoms with Gasteiger partial charge in [-0.25, -0.2) is 0 Å². The minimum atomic E-state index is -0.466. The van der Waals surface area contributed by atoms with Crippen LogP contribution in [0.3, 0.4) is 0 Å². The summed E-state index contributed by atoms with van der Waals surface area (Å²) in [6.45, 7) is 19.2. The molecule has 0 unspecified atom stereocenters. The van der Waals surface area contributed by atoms with Crippen molar-refractivity contribution in [2.24, 2.45) is 0 Å². The first-order valence-electron chi connectivity index (χ1n) is 6.70. The van der Waals surface area contributed by atoms with Crippen molar-refractivity contribution in [2.45, 2.75) is 0 Å². The van der Waals surface area contributed by atoms with E-state index >= 15 is 0 Å². The molecule has 0 aliphatic carbocycles. The van der Waals surface area contributed by atoms with Gasteiger partial charge in [0.05, 0.1) is 24.6 Å². The zero-order valence-corrected chi connectivity index (χ0v) is 21.3. The molecule has 0 radical (unpaired) electrons. The summed E-state index contributed by atoms with van der Waals surface area (Å²) in [7, 11) is 10.1. The van der Waals surface area contributed by atoms with Gasteiger partial charge < -0.3 is 0 Å². The van der Waals surface area contributed by atoms with Gasteiger partial charge in [0.2, 0.25) is 0 Å². The van der Waals surface area contributed by atoms with E-state index in [0.717, 1.165) is 0 Å². The van der Waals surface area contributed by atoms with Crippen LogP contribution in [0.4, 0.5) is 0 Å². The molecule has 19 heavy (non-hydrogen) atoms. The van der Waals surface area contributed by atoms with E-state index in [1.54, 1.807) is 0 Å². The third-order valence-corrected chi connectivity index (χ3v) is 8.25. The quantitative estimate of drug-likeness (QED) is 0.462. The van der Waals surface area contributed by atoms with Gasteiger partial charge in [-0.3, -0.25) is 0 Å². The van der Waals surface area contributed by atoms with E-state index in [2.05, 4.69) is 53.3 Å². The van der Waals surface area contributed by atoms with E-state index < -0.39 is 15.7 Å². The van der Waals surface area contributed by atoms with Crippen LogP contribution in [0.25, 0.3) is 0 Å². The number of halogens is 2. The molecule has 0 aromatic rings. The van der Waals surface area contributed by atoms with Crippen molar-refractivity contribution in [1.82, 2.24) is 0 Å². The van der Waals surface area contributed by atoms with E-state index in [-0.39, 0.29) is 31.7 Å². The Balaban J connectivity index is -0.000000224. The Morgan fingerprint density at radius 1 is 0.526 bits per heavy atom. The van der Waals surface area contributed by atoms with Crippen LogP contribution in [0.2, 0.25) is 0 Å². The third-order valence-electron chi connectivity index (χ3n) is 2.25. The molecule has 0 aromatic heterocycles. The van der Waals surface area contributed by atoms with Crippen LogP contribution in [0.5, 0.6) is 0 Å². The first kappa shape index (κ1) is 26.8. The van der Waals surface area contributed by atoms with Gasteiger partial charge in [-0.05, 0) is 31.7 Å². The van der Waals surface area contributed by atoms with Crippen molar-refractivity contribution < 1.29 is 15.7 Å². The number of rotatable bonds is 6. The molecule has 121 valence electrons. The van der Waals surface area contributed by atoms with Crippen molar-refractivity contribution in [3.63, 3.8) is 0 Å². The fourth-order valence-electron chi connectivity index (χ4n) is 1.000. The van der Waals surface area contributed by atoms with E-state index in [9.17, 15) is 0 Å². The normalized spacial score (nSPS) is 10.4. The molecule has 0 aliphatic rings. The molecule has 0 atom stereocenters. The molecule has 0 saturated heterocycles. The van der Waals surface area contributed by atoms with Crippen LogP contribution in [-0.4, -0.2) is 78.0 Å². The predicted molar refractivity (Wildman–Crippen MR) is 112 cm³/mol. The van der Waals surface area contributed by atoms with Crippen molar-refractivity contribution >= 4 is 50.9 Å². The number of hydrogen-bond donors (Lipinski definition) is 0. The van der Waals surface area contributed by atoms with Gasteiger partial charge in [0, 0.05) is 53.3 Å². The molecule has 0 nitrogen and oxygen atoms in total. The zero-order valence-electron chi connectivity index (χ0n) is 14.0. The summed E-state index contributed by atoms with van der Waals surface area (Å²) < 4.78 is 0. The second-order valence-corrected chi connectivity index (χ2v) is 20.4. The van der Waals surface area contributed by atoms with Gasteiger partial charge in [0.15, 0.2) is 0 Å². The first-order chi connectivity index (χ1) is 8.67. The summed E-state index contributed by atoms with van der Waals surface area (Å²) in [6.07, 6.45) is 6.13. The summed E-state index contributed by atoms with van der Waals surface area (Å²) in [5, 5.41) is 0. The molecule has 7 heteroatoms. The molecule has 0 rings (SSSR count). The zero-order chi connectivity index (χ0) is 15.8. The Labute approximate surface area is 143 Å². The van der Waals surface area contributed by atoms with Gasteiger partial charge in [-0.2, -0.15) is 0 Å². The molecular formula is C12H36Cl2P4Tc+4. The third kappa shape index (κ3) is 44.9. The van der Waals surface area contributed by atoms with Crippen LogP contribution in [0.1, 0.15) is 0 Å². The fraction of sp³-hybridized carbons (Fsp3) is 1.00. The molecule has 0 bridgehead atoms. The number of hydrogen-bond acceptors (Lipinski definition) is 0. The van der Waals surface area contributed by atoms with Crippen LogP contribution in [0.15, 0.2) is 0 Å². The Morgan fingerprint density at radius 3 is 0.684 bits per heavy atom.